The van der Waals surface area contributed by atoms with E-state index in [9.17, 15) is 0 Å². The second-order valence-corrected chi connectivity index (χ2v) is 4.12. The number of anilines is 1. The molecule has 4 N–H and O–H groups in total. The first-order valence-electron chi connectivity index (χ1n) is 5.80. The van der Waals surface area contributed by atoms with Gasteiger partial charge in [0.2, 0.25) is 0 Å². The van der Waals surface area contributed by atoms with Crippen LogP contribution in [0.4, 0.5) is 5.69 Å². The Morgan fingerprint density at radius 1 is 1.50 bits per heavy atom. The van der Waals surface area contributed by atoms with Crippen molar-refractivity contribution >= 4 is 11.5 Å². The Balaban J connectivity index is 2.27. The van der Waals surface area contributed by atoms with Gasteiger partial charge in [-0.3, -0.25) is 0 Å². The Bertz CT molecular complexity index is 436. The molecule has 1 heterocycles. The molecule has 18 heavy (non-hydrogen) atoms. The van der Waals surface area contributed by atoms with Crippen molar-refractivity contribution in [3.05, 3.63) is 29.8 Å². The Morgan fingerprint density at radius 2 is 2.28 bits per heavy atom. The SMILES string of the molecule is N/C(=N/O)c1ccccc1N1CCOC(CO)C1. The van der Waals surface area contributed by atoms with Gasteiger partial charge in [-0.25, -0.2) is 0 Å². The summed E-state index contributed by atoms with van der Waals surface area (Å²) in [6.45, 7) is 1.84. The van der Waals surface area contributed by atoms with Crippen molar-refractivity contribution in [2.24, 2.45) is 10.9 Å². The van der Waals surface area contributed by atoms with E-state index >= 15 is 0 Å². The molecule has 0 saturated carbocycles. The van der Waals surface area contributed by atoms with Crippen LogP contribution < -0.4 is 10.6 Å². The molecule has 1 saturated heterocycles. The standard InChI is InChI=1S/C12H17N3O3/c13-12(14-17)10-3-1-2-4-11(10)15-5-6-18-9(7-15)8-16/h1-4,9,16-17H,5-8H2,(H2,13,14). The van der Waals surface area contributed by atoms with Crippen LogP contribution in [0.1, 0.15) is 5.56 Å². The fourth-order valence-electron chi connectivity index (χ4n) is 2.07. The minimum atomic E-state index is -0.195. The van der Waals surface area contributed by atoms with Crippen molar-refractivity contribution < 1.29 is 15.1 Å². The van der Waals surface area contributed by atoms with E-state index in [1.165, 1.54) is 0 Å². The predicted octanol–water partition coefficient (Wildman–Crippen LogP) is -0.0214. The van der Waals surface area contributed by atoms with E-state index in [2.05, 4.69) is 10.1 Å². The molecule has 0 amide bonds. The first-order valence-corrected chi connectivity index (χ1v) is 5.80. The van der Waals surface area contributed by atoms with E-state index < -0.39 is 0 Å². The molecule has 1 aromatic rings. The number of hydrogen-bond donors (Lipinski definition) is 3. The summed E-state index contributed by atoms with van der Waals surface area (Å²) in [6.07, 6.45) is -0.195. The maximum absolute atomic E-state index is 9.14. The average molecular weight is 251 g/mol. The molecule has 2 rings (SSSR count). The van der Waals surface area contributed by atoms with Crippen LogP contribution in [-0.2, 0) is 4.74 Å². The molecule has 0 aliphatic carbocycles. The minimum absolute atomic E-state index is 0.0117. The van der Waals surface area contributed by atoms with Gasteiger partial charge in [0, 0.05) is 24.3 Å². The summed E-state index contributed by atoms with van der Waals surface area (Å²) in [4.78, 5) is 2.07. The molecule has 0 radical (unpaired) electrons. The van der Waals surface area contributed by atoms with Gasteiger partial charge in [-0.05, 0) is 12.1 Å². The molecule has 98 valence electrons. The lowest BCUT2D eigenvalue weighted by Crippen LogP contribution is -2.44. The average Bonchev–Trinajstić information content (AvgIpc) is 2.46. The lowest BCUT2D eigenvalue weighted by molar-refractivity contribution is 0.00356. The maximum Gasteiger partial charge on any atom is 0.172 e. The molecular formula is C12H17N3O3. The number of para-hydroxylation sites is 1. The molecule has 6 heteroatoms. The fourth-order valence-corrected chi connectivity index (χ4v) is 2.07. The monoisotopic (exact) mass is 251 g/mol. The predicted molar refractivity (Wildman–Crippen MR) is 68.0 cm³/mol. The third-order valence-electron chi connectivity index (χ3n) is 2.97. The third kappa shape index (κ3) is 2.55. The summed E-state index contributed by atoms with van der Waals surface area (Å²) in [5.74, 6) is 0.0811. The van der Waals surface area contributed by atoms with Gasteiger partial charge >= 0.3 is 0 Å². The van der Waals surface area contributed by atoms with Crippen molar-refractivity contribution in [3.63, 3.8) is 0 Å². The molecule has 1 aromatic carbocycles. The van der Waals surface area contributed by atoms with Crippen LogP contribution in [0, 0.1) is 0 Å². The summed E-state index contributed by atoms with van der Waals surface area (Å²) >= 11 is 0. The van der Waals surface area contributed by atoms with Crippen molar-refractivity contribution in [3.8, 4) is 0 Å². The molecule has 1 unspecified atom stereocenters. The Labute approximate surface area is 105 Å². The fraction of sp³-hybridized carbons (Fsp3) is 0.417. The van der Waals surface area contributed by atoms with Gasteiger partial charge in [-0.15, -0.1) is 0 Å². The summed E-state index contributed by atoms with van der Waals surface area (Å²) in [6, 6.07) is 7.44. The summed E-state index contributed by atoms with van der Waals surface area (Å²) < 4.78 is 5.40. The zero-order valence-corrected chi connectivity index (χ0v) is 9.99. The van der Waals surface area contributed by atoms with Crippen LogP contribution >= 0.6 is 0 Å². The topological polar surface area (TPSA) is 91.3 Å². The molecule has 6 nitrogen and oxygen atoms in total. The lowest BCUT2D eigenvalue weighted by Gasteiger charge is -2.34. The molecule has 0 spiro atoms. The molecule has 1 atom stereocenters. The number of hydrogen-bond acceptors (Lipinski definition) is 5. The number of nitrogens with two attached hydrogens (primary N) is 1. The summed E-state index contributed by atoms with van der Waals surface area (Å²) in [5, 5.41) is 21.0. The number of aliphatic hydroxyl groups excluding tert-OH is 1. The van der Waals surface area contributed by atoms with E-state index in [0.29, 0.717) is 25.3 Å². The van der Waals surface area contributed by atoms with E-state index in [-0.39, 0.29) is 18.5 Å². The van der Waals surface area contributed by atoms with Gasteiger partial charge < -0.3 is 25.7 Å². The second-order valence-electron chi connectivity index (χ2n) is 4.12. The van der Waals surface area contributed by atoms with E-state index in [0.717, 1.165) is 5.69 Å². The highest BCUT2D eigenvalue weighted by Gasteiger charge is 2.22. The van der Waals surface area contributed by atoms with Crippen LogP contribution in [0.5, 0.6) is 0 Å². The highest BCUT2D eigenvalue weighted by Crippen LogP contribution is 2.22. The van der Waals surface area contributed by atoms with E-state index in [1.807, 2.05) is 18.2 Å². The zero-order chi connectivity index (χ0) is 13.0. The van der Waals surface area contributed by atoms with Crippen LogP contribution in [0.2, 0.25) is 0 Å². The lowest BCUT2D eigenvalue weighted by atomic mass is 10.1. The van der Waals surface area contributed by atoms with Crippen LogP contribution in [0.3, 0.4) is 0 Å². The number of oxime groups is 1. The van der Waals surface area contributed by atoms with Crippen LogP contribution in [-0.4, -0.2) is 48.6 Å². The molecule has 0 bridgehead atoms. The minimum Gasteiger partial charge on any atom is -0.409 e. The van der Waals surface area contributed by atoms with Crippen molar-refractivity contribution in [1.29, 1.82) is 0 Å². The molecule has 1 fully saturated rings. The largest absolute Gasteiger partial charge is 0.409 e. The van der Waals surface area contributed by atoms with Gasteiger partial charge in [0.15, 0.2) is 5.84 Å². The van der Waals surface area contributed by atoms with Crippen molar-refractivity contribution in [2.75, 3.05) is 31.2 Å². The first kappa shape index (κ1) is 12.7. The molecular weight excluding hydrogens is 234 g/mol. The second kappa shape index (κ2) is 5.70. The normalized spacial score (nSPS) is 21.1. The maximum atomic E-state index is 9.14. The van der Waals surface area contributed by atoms with Crippen LogP contribution in [0.25, 0.3) is 0 Å². The molecule has 0 aromatic heterocycles. The Morgan fingerprint density at radius 3 is 3.00 bits per heavy atom. The van der Waals surface area contributed by atoms with Gasteiger partial charge in [-0.1, -0.05) is 17.3 Å². The van der Waals surface area contributed by atoms with Crippen LogP contribution in [0.15, 0.2) is 29.4 Å². The number of aliphatic hydroxyl groups is 1. The molecule has 1 aliphatic heterocycles. The number of ether oxygens (including phenoxy) is 1. The first-order chi connectivity index (χ1) is 8.76. The van der Waals surface area contributed by atoms with Gasteiger partial charge in [0.25, 0.3) is 0 Å². The number of morpholine rings is 1. The quantitative estimate of drug-likeness (QED) is 0.304. The number of amidine groups is 1. The highest BCUT2D eigenvalue weighted by molar-refractivity contribution is 6.02. The zero-order valence-electron chi connectivity index (χ0n) is 9.99. The summed E-state index contributed by atoms with van der Waals surface area (Å²) in [5.41, 5.74) is 7.22. The van der Waals surface area contributed by atoms with Crippen molar-refractivity contribution in [1.82, 2.24) is 0 Å². The van der Waals surface area contributed by atoms with Crippen molar-refractivity contribution in [2.45, 2.75) is 6.10 Å². The van der Waals surface area contributed by atoms with Gasteiger partial charge in [-0.2, -0.15) is 0 Å². The Hall–Kier alpha value is -1.79. The van der Waals surface area contributed by atoms with Gasteiger partial charge in [0.1, 0.15) is 0 Å². The Kier molecular flexibility index (Phi) is 4.01. The smallest absolute Gasteiger partial charge is 0.172 e. The third-order valence-corrected chi connectivity index (χ3v) is 2.97. The number of rotatable bonds is 3. The summed E-state index contributed by atoms with van der Waals surface area (Å²) in [7, 11) is 0. The van der Waals surface area contributed by atoms with E-state index in [4.69, 9.17) is 20.8 Å². The highest BCUT2D eigenvalue weighted by atomic mass is 16.5. The molecule has 1 aliphatic rings. The number of nitrogens with zero attached hydrogens (tertiary/aromatic N) is 2. The number of benzene rings is 1. The van der Waals surface area contributed by atoms with Gasteiger partial charge in [0.05, 0.1) is 19.3 Å². The van der Waals surface area contributed by atoms with E-state index in [1.54, 1.807) is 6.07 Å².